The maximum Gasteiger partial charge on any atom is 0.415 e. The maximum absolute atomic E-state index is 12.5. The lowest BCUT2D eigenvalue weighted by Gasteiger charge is -2.33. The van der Waals surface area contributed by atoms with Crippen molar-refractivity contribution in [3.63, 3.8) is 0 Å². The zero-order chi connectivity index (χ0) is 13.7. The molecule has 0 N–H and O–H groups in total. The highest BCUT2D eigenvalue weighted by molar-refractivity contribution is 5.08. The number of aryl methyl sites for hydroxylation is 1. The van der Waals surface area contributed by atoms with Crippen molar-refractivity contribution in [3.05, 3.63) is 30.1 Å². The Kier molecular flexibility index (Phi) is 4.76. The highest BCUT2D eigenvalue weighted by Gasteiger charge is 2.43. The van der Waals surface area contributed by atoms with E-state index in [0.29, 0.717) is 13.1 Å². The summed E-state index contributed by atoms with van der Waals surface area (Å²) in [6.45, 7) is 1.32. The Morgan fingerprint density at radius 2 is 2.26 bits per heavy atom. The molecule has 0 aromatic carbocycles. The van der Waals surface area contributed by atoms with Gasteiger partial charge in [-0.1, -0.05) is 6.07 Å². The summed E-state index contributed by atoms with van der Waals surface area (Å²) in [5, 5.41) is 0. The molecular formula is C13H17F3N2O. The van der Waals surface area contributed by atoms with E-state index in [2.05, 4.69) is 4.98 Å². The highest BCUT2D eigenvalue weighted by atomic mass is 19.4. The van der Waals surface area contributed by atoms with Crippen LogP contribution in [0.1, 0.15) is 12.0 Å². The lowest BCUT2D eigenvalue weighted by atomic mass is 10.1. The van der Waals surface area contributed by atoms with Crippen molar-refractivity contribution >= 4 is 0 Å². The van der Waals surface area contributed by atoms with Crippen LogP contribution in [0, 0.1) is 0 Å². The van der Waals surface area contributed by atoms with Gasteiger partial charge in [0.15, 0.2) is 6.10 Å². The molecule has 1 aliphatic rings. The molecule has 1 fully saturated rings. The van der Waals surface area contributed by atoms with Crippen molar-refractivity contribution < 1.29 is 17.9 Å². The Balaban J connectivity index is 1.74. The van der Waals surface area contributed by atoms with Crippen LogP contribution < -0.4 is 0 Å². The third-order valence-corrected chi connectivity index (χ3v) is 3.18. The van der Waals surface area contributed by atoms with Gasteiger partial charge in [-0.15, -0.1) is 0 Å². The summed E-state index contributed by atoms with van der Waals surface area (Å²) in [5.41, 5.74) is 1.11. The van der Waals surface area contributed by atoms with Gasteiger partial charge in [0.05, 0.1) is 6.61 Å². The Morgan fingerprint density at radius 3 is 2.95 bits per heavy atom. The minimum atomic E-state index is -4.26. The molecule has 1 aromatic heterocycles. The predicted molar refractivity (Wildman–Crippen MR) is 64.8 cm³/mol. The van der Waals surface area contributed by atoms with Gasteiger partial charge in [0.25, 0.3) is 0 Å². The van der Waals surface area contributed by atoms with Gasteiger partial charge in [0, 0.05) is 25.5 Å². The maximum atomic E-state index is 12.5. The zero-order valence-electron chi connectivity index (χ0n) is 10.6. The quantitative estimate of drug-likeness (QED) is 0.842. The molecule has 0 spiro atoms. The van der Waals surface area contributed by atoms with Crippen LogP contribution in [-0.4, -0.2) is 48.4 Å². The van der Waals surface area contributed by atoms with E-state index in [-0.39, 0.29) is 13.2 Å². The third kappa shape index (κ3) is 4.47. The SMILES string of the molecule is FC(F)(F)[C@@H]1CN(CCCc2cccnc2)CCO1. The van der Waals surface area contributed by atoms with E-state index in [4.69, 9.17) is 4.74 Å². The van der Waals surface area contributed by atoms with E-state index in [1.165, 1.54) is 0 Å². The highest BCUT2D eigenvalue weighted by Crippen LogP contribution is 2.25. The molecule has 0 radical (unpaired) electrons. The summed E-state index contributed by atoms with van der Waals surface area (Å²) in [6, 6.07) is 3.84. The second-order valence-corrected chi connectivity index (χ2v) is 4.67. The molecule has 1 saturated heterocycles. The van der Waals surface area contributed by atoms with Gasteiger partial charge in [-0.3, -0.25) is 9.88 Å². The minimum absolute atomic E-state index is 0.0590. The van der Waals surface area contributed by atoms with Crippen LogP contribution in [0.3, 0.4) is 0 Å². The molecule has 0 amide bonds. The number of morpholine rings is 1. The monoisotopic (exact) mass is 274 g/mol. The number of nitrogens with zero attached hydrogens (tertiary/aromatic N) is 2. The fourth-order valence-corrected chi connectivity index (χ4v) is 2.16. The van der Waals surface area contributed by atoms with Gasteiger partial charge in [0.1, 0.15) is 0 Å². The van der Waals surface area contributed by atoms with Crippen molar-refractivity contribution in [3.8, 4) is 0 Å². The standard InChI is InChI=1S/C13H17F3N2O/c14-13(15,16)12-10-18(7-8-19-12)6-2-4-11-3-1-5-17-9-11/h1,3,5,9,12H,2,4,6-8,10H2/t12-/m0/s1. The number of alkyl halides is 3. The number of halogens is 3. The number of hydrogen-bond donors (Lipinski definition) is 0. The number of rotatable bonds is 4. The van der Waals surface area contributed by atoms with Crippen LogP contribution >= 0.6 is 0 Å². The lowest BCUT2D eigenvalue weighted by Crippen LogP contribution is -2.49. The van der Waals surface area contributed by atoms with E-state index < -0.39 is 12.3 Å². The van der Waals surface area contributed by atoms with Crippen LogP contribution in [0.15, 0.2) is 24.5 Å². The summed E-state index contributed by atoms with van der Waals surface area (Å²) < 4.78 is 42.4. The molecule has 1 atom stereocenters. The smallest absolute Gasteiger partial charge is 0.366 e. The molecule has 0 unspecified atom stereocenters. The van der Waals surface area contributed by atoms with Crippen molar-refractivity contribution in [2.45, 2.75) is 25.1 Å². The zero-order valence-corrected chi connectivity index (χ0v) is 10.6. The van der Waals surface area contributed by atoms with Crippen molar-refractivity contribution in [2.24, 2.45) is 0 Å². The van der Waals surface area contributed by atoms with E-state index in [0.717, 1.165) is 18.4 Å². The molecule has 19 heavy (non-hydrogen) atoms. The first-order chi connectivity index (χ1) is 9.05. The number of hydrogen-bond acceptors (Lipinski definition) is 3. The van der Waals surface area contributed by atoms with E-state index in [1.54, 1.807) is 12.4 Å². The van der Waals surface area contributed by atoms with Crippen molar-refractivity contribution in [1.82, 2.24) is 9.88 Å². The van der Waals surface area contributed by atoms with Crippen LogP contribution in [-0.2, 0) is 11.2 Å². The van der Waals surface area contributed by atoms with Crippen molar-refractivity contribution in [2.75, 3.05) is 26.2 Å². The Labute approximate surface area is 110 Å². The largest absolute Gasteiger partial charge is 0.415 e. The normalized spacial score (nSPS) is 21.5. The van der Waals surface area contributed by atoms with Gasteiger partial charge in [-0.2, -0.15) is 13.2 Å². The first kappa shape index (κ1) is 14.3. The summed E-state index contributed by atoms with van der Waals surface area (Å²) in [7, 11) is 0. The van der Waals surface area contributed by atoms with Gasteiger partial charge in [-0.25, -0.2) is 0 Å². The molecule has 3 nitrogen and oxygen atoms in total. The van der Waals surface area contributed by atoms with E-state index >= 15 is 0 Å². The topological polar surface area (TPSA) is 25.4 Å². The van der Waals surface area contributed by atoms with E-state index in [1.807, 2.05) is 17.0 Å². The Hall–Kier alpha value is -1.14. The second-order valence-electron chi connectivity index (χ2n) is 4.67. The molecule has 2 heterocycles. The lowest BCUT2D eigenvalue weighted by molar-refractivity contribution is -0.237. The molecule has 106 valence electrons. The predicted octanol–water partition coefficient (Wildman–Crippen LogP) is 2.28. The summed E-state index contributed by atoms with van der Waals surface area (Å²) in [6.07, 6.45) is -0.739. The van der Waals surface area contributed by atoms with Crippen LogP contribution in [0.5, 0.6) is 0 Å². The molecule has 1 aliphatic heterocycles. The molecule has 0 bridgehead atoms. The summed E-state index contributed by atoms with van der Waals surface area (Å²) >= 11 is 0. The van der Waals surface area contributed by atoms with Gasteiger partial charge in [0.2, 0.25) is 0 Å². The fraction of sp³-hybridized carbons (Fsp3) is 0.615. The van der Waals surface area contributed by atoms with Crippen molar-refractivity contribution in [1.29, 1.82) is 0 Å². The van der Waals surface area contributed by atoms with Gasteiger partial charge >= 0.3 is 6.18 Å². The third-order valence-electron chi connectivity index (χ3n) is 3.18. The first-order valence-electron chi connectivity index (χ1n) is 6.35. The average molecular weight is 274 g/mol. The molecule has 1 aromatic rings. The van der Waals surface area contributed by atoms with Crippen LogP contribution in [0.25, 0.3) is 0 Å². The van der Waals surface area contributed by atoms with Gasteiger partial charge in [-0.05, 0) is 31.0 Å². The second kappa shape index (κ2) is 6.34. The first-order valence-corrected chi connectivity index (χ1v) is 6.35. The van der Waals surface area contributed by atoms with Crippen LogP contribution in [0.2, 0.25) is 0 Å². The molecule has 0 aliphatic carbocycles. The number of ether oxygens (including phenoxy) is 1. The molecular weight excluding hydrogens is 257 g/mol. The number of aromatic nitrogens is 1. The minimum Gasteiger partial charge on any atom is -0.366 e. The van der Waals surface area contributed by atoms with E-state index in [9.17, 15) is 13.2 Å². The molecule has 2 rings (SSSR count). The Morgan fingerprint density at radius 1 is 1.42 bits per heavy atom. The summed E-state index contributed by atoms with van der Waals surface area (Å²) in [5.74, 6) is 0. The summed E-state index contributed by atoms with van der Waals surface area (Å²) in [4.78, 5) is 5.83. The van der Waals surface area contributed by atoms with Gasteiger partial charge < -0.3 is 4.74 Å². The molecule has 0 saturated carbocycles. The number of pyridine rings is 1. The molecule has 6 heteroatoms. The average Bonchev–Trinajstić information content (AvgIpc) is 2.39. The fourth-order valence-electron chi connectivity index (χ4n) is 2.16. The Bertz CT molecular complexity index is 383. The van der Waals surface area contributed by atoms with Crippen LogP contribution in [0.4, 0.5) is 13.2 Å².